The van der Waals surface area contributed by atoms with Crippen molar-refractivity contribution in [2.24, 2.45) is 0 Å². The van der Waals surface area contributed by atoms with Gasteiger partial charge >= 0.3 is 0 Å². The van der Waals surface area contributed by atoms with Crippen molar-refractivity contribution in [2.45, 2.75) is 6.10 Å². The van der Waals surface area contributed by atoms with Gasteiger partial charge in [-0.2, -0.15) is 0 Å². The molecule has 2 N–H and O–H groups in total. The zero-order valence-electron chi connectivity index (χ0n) is 13.1. The maximum atomic E-state index is 11.9. The van der Waals surface area contributed by atoms with E-state index in [9.17, 15) is 4.79 Å². The molecule has 0 fully saturated rings. The third kappa shape index (κ3) is 3.86. The van der Waals surface area contributed by atoms with Crippen LogP contribution in [0.3, 0.4) is 0 Å². The Morgan fingerprint density at radius 1 is 1.45 bits per heavy atom. The van der Waals surface area contributed by atoms with Crippen LogP contribution in [0.5, 0.6) is 5.75 Å². The zero-order valence-corrected chi connectivity index (χ0v) is 13.9. The number of nitrogens with zero attached hydrogens (tertiary/aromatic N) is 2. The van der Waals surface area contributed by atoms with Crippen LogP contribution < -0.4 is 20.3 Å². The normalized spacial score (nSPS) is 16.7. The molecule has 0 aromatic heterocycles. The average molecular weight is 322 g/mol. The second-order valence-electron chi connectivity index (χ2n) is 5.33. The van der Waals surface area contributed by atoms with Gasteiger partial charge in [-0.05, 0) is 38.4 Å². The van der Waals surface area contributed by atoms with Crippen LogP contribution in [0.1, 0.15) is 0 Å². The Labute approximate surface area is 136 Å². The Kier molecular flexibility index (Phi) is 5.57. The van der Waals surface area contributed by atoms with Gasteiger partial charge in [-0.15, -0.1) is 0 Å². The predicted molar refractivity (Wildman–Crippen MR) is 91.4 cm³/mol. The number of fused-ring (bicyclic) bond motifs is 1. The molecule has 0 bridgehead atoms. The van der Waals surface area contributed by atoms with Gasteiger partial charge in [-0.1, -0.05) is 12.1 Å². The van der Waals surface area contributed by atoms with Crippen molar-refractivity contribution in [1.29, 1.82) is 0 Å². The van der Waals surface area contributed by atoms with E-state index in [1.165, 1.54) is 0 Å². The second-order valence-corrected chi connectivity index (χ2v) is 5.72. The minimum atomic E-state index is -0.575. The van der Waals surface area contributed by atoms with E-state index in [0.29, 0.717) is 17.4 Å². The highest BCUT2D eigenvalue weighted by Gasteiger charge is 2.31. The first-order chi connectivity index (χ1) is 10.5. The molecule has 1 atom stereocenters. The largest absolute Gasteiger partial charge is 0.477 e. The third-order valence-electron chi connectivity index (χ3n) is 3.39. The molecule has 0 saturated carbocycles. The van der Waals surface area contributed by atoms with Crippen molar-refractivity contribution in [3.63, 3.8) is 0 Å². The minimum absolute atomic E-state index is 0.157. The fourth-order valence-electron chi connectivity index (χ4n) is 2.21. The van der Waals surface area contributed by atoms with Crippen LogP contribution in [-0.4, -0.2) is 62.8 Å². The molecule has 7 heteroatoms. The summed E-state index contributed by atoms with van der Waals surface area (Å²) >= 11 is 5.49. The molecule has 0 unspecified atom stereocenters. The van der Waals surface area contributed by atoms with Gasteiger partial charge < -0.3 is 25.2 Å². The SMILES string of the molecule is CNC(=O)[C@H]1CN(C(=S)NCCN(C)C)c2ccccc2O1. The van der Waals surface area contributed by atoms with Crippen LogP contribution in [0.2, 0.25) is 0 Å². The van der Waals surface area contributed by atoms with Crippen molar-refractivity contribution in [3.05, 3.63) is 24.3 Å². The van der Waals surface area contributed by atoms with E-state index in [-0.39, 0.29) is 5.91 Å². The lowest BCUT2D eigenvalue weighted by molar-refractivity contribution is -0.127. The first kappa shape index (κ1) is 16.5. The zero-order chi connectivity index (χ0) is 16.1. The average Bonchev–Trinajstić information content (AvgIpc) is 2.52. The number of ether oxygens (including phenoxy) is 1. The van der Waals surface area contributed by atoms with Crippen LogP contribution in [0, 0.1) is 0 Å². The molecule has 1 heterocycles. The van der Waals surface area contributed by atoms with Crippen molar-refractivity contribution in [2.75, 3.05) is 45.7 Å². The fourth-order valence-corrected chi connectivity index (χ4v) is 2.48. The number of hydrogen-bond acceptors (Lipinski definition) is 4. The summed E-state index contributed by atoms with van der Waals surface area (Å²) in [6.07, 6.45) is -0.575. The highest BCUT2D eigenvalue weighted by Crippen LogP contribution is 2.33. The van der Waals surface area contributed by atoms with Crippen molar-refractivity contribution in [1.82, 2.24) is 15.5 Å². The Morgan fingerprint density at radius 3 is 2.86 bits per heavy atom. The highest BCUT2D eigenvalue weighted by atomic mass is 32.1. The fraction of sp³-hybridized carbons (Fsp3) is 0.467. The number of carbonyl (C=O) groups excluding carboxylic acids is 1. The van der Waals surface area contributed by atoms with E-state index in [1.807, 2.05) is 43.3 Å². The van der Waals surface area contributed by atoms with E-state index < -0.39 is 6.10 Å². The molecule has 1 aromatic rings. The number of thiocarbonyl (C=S) groups is 1. The molecule has 1 aromatic carbocycles. The number of hydrogen-bond donors (Lipinski definition) is 2. The Morgan fingerprint density at radius 2 is 2.18 bits per heavy atom. The first-order valence-electron chi connectivity index (χ1n) is 7.20. The molecule has 22 heavy (non-hydrogen) atoms. The smallest absolute Gasteiger partial charge is 0.262 e. The number of likely N-dealkylation sites (N-methyl/N-ethyl adjacent to an activating group) is 2. The van der Waals surface area contributed by atoms with Crippen LogP contribution >= 0.6 is 12.2 Å². The maximum absolute atomic E-state index is 11.9. The lowest BCUT2D eigenvalue weighted by atomic mass is 10.2. The van der Waals surface area contributed by atoms with E-state index in [1.54, 1.807) is 7.05 Å². The number of nitrogens with one attached hydrogen (secondary N) is 2. The summed E-state index contributed by atoms with van der Waals surface area (Å²) in [4.78, 5) is 15.9. The minimum Gasteiger partial charge on any atom is -0.477 e. The Hall–Kier alpha value is -1.86. The van der Waals surface area contributed by atoms with Crippen molar-refractivity contribution >= 4 is 28.9 Å². The summed E-state index contributed by atoms with van der Waals surface area (Å²) in [7, 11) is 5.62. The third-order valence-corrected chi connectivity index (χ3v) is 3.76. The molecule has 0 radical (unpaired) electrons. The number of para-hydroxylation sites is 2. The van der Waals surface area contributed by atoms with Crippen LogP contribution in [0.4, 0.5) is 5.69 Å². The summed E-state index contributed by atoms with van der Waals surface area (Å²) < 4.78 is 5.76. The number of amides is 1. The van der Waals surface area contributed by atoms with Crippen molar-refractivity contribution in [3.8, 4) is 5.75 Å². The summed E-state index contributed by atoms with van der Waals surface area (Å²) in [5, 5.41) is 6.46. The molecule has 1 amide bonds. The molecule has 1 aliphatic rings. The van der Waals surface area contributed by atoms with Crippen LogP contribution in [-0.2, 0) is 4.79 Å². The molecule has 6 nitrogen and oxygen atoms in total. The number of carbonyl (C=O) groups is 1. The standard InChI is InChI=1S/C15H22N4O2S/c1-16-14(20)13-10-19(15(22)17-8-9-18(2)3)11-6-4-5-7-12(11)21-13/h4-7,13H,8-10H2,1-3H3,(H,16,20)(H,17,22)/t13-/m1/s1. The molecule has 0 saturated heterocycles. The van der Waals surface area contributed by atoms with Crippen LogP contribution in [0.25, 0.3) is 0 Å². The van der Waals surface area contributed by atoms with E-state index >= 15 is 0 Å². The topological polar surface area (TPSA) is 56.8 Å². The molecule has 0 aliphatic carbocycles. The lowest BCUT2D eigenvalue weighted by Gasteiger charge is -2.35. The van der Waals surface area contributed by atoms with Gasteiger partial charge in [0.15, 0.2) is 11.2 Å². The Balaban J connectivity index is 2.14. The number of rotatable bonds is 4. The van der Waals surface area contributed by atoms with Gasteiger partial charge in [0.25, 0.3) is 5.91 Å². The highest BCUT2D eigenvalue weighted by molar-refractivity contribution is 7.80. The molecule has 2 rings (SSSR count). The summed E-state index contributed by atoms with van der Waals surface area (Å²) in [6, 6.07) is 7.60. The van der Waals surface area contributed by atoms with Gasteiger partial charge in [0.1, 0.15) is 5.75 Å². The molecular formula is C15H22N4O2S. The first-order valence-corrected chi connectivity index (χ1v) is 7.61. The number of benzene rings is 1. The summed E-state index contributed by atoms with van der Waals surface area (Å²) in [5.41, 5.74) is 0.880. The summed E-state index contributed by atoms with van der Waals surface area (Å²) in [5.74, 6) is 0.509. The van der Waals surface area contributed by atoms with E-state index in [2.05, 4.69) is 15.5 Å². The predicted octanol–water partition coefficient (Wildman–Crippen LogP) is 0.436. The van der Waals surface area contributed by atoms with Gasteiger partial charge in [0, 0.05) is 20.1 Å². The monoisotopic (exact) mass is 322 g/mol. The van der Waals surface area contributed by atoms with Gasteiger partial charge in [0.05, 0.1) is 12.2 Å². The molecular weight excluding hydrogens is 300 g/mol. The van der Waals surface area contributed by atoms with E-state index in [4.69, 9.17) is 17.0 Å². The molecule has 120 valence electrons. The van der Waals surface area contributed by atoms with Crippen LogP contribution in [0.15, 0.2) is 24.3 Å². The Bertz CT molecular complexity index is 550. The van der Waals surface area contributed by atoms with Gasteiger partial charge in [0.2, 0.25) is 0 Å². The van der Waals surface area contributed by atoms with E-state index in [0.717, 1.165) is 18.8 Å². The van der Waals surface area contributed by atoms with Gasteiger partial charge in [-0.3, -0.25) is 4.79 Å². The second kappa shape index (κ2) is 7.42. The molecule has 0 spiro atoms. The number of anilines is 1. The lowest BCUT2D eigenvalue weighted by Crippen LogP contribution is -2.53. The molecule has 1 aliphatic heterocycles. The van der Waals surface area contributed by atoms with Crippen molar-refractivity contribution < 1.29 is 9.53 Å². The summed E-state index contributed by atoms with van der Waals surface area (Å²) in [6.45, 7) is 2.02. The van der Waals surface area contributed by atoms with Gasteiger partial charge in [-0.25, -0.2) is 0 Å². The quantitative estimate of drug-likeness (QED) is 0.785. The maximum Gasteiger partial charge on any atom is 0.262 e.